The van der Waals surface area contributed by atoms with E-state index in [1.807, 2.05) is 20.9 Å². The Bertz CT molecular complexity index is 509. The van der Waals surface area contributed by atoms with E-state index in [0.717, 1.165) is 44.1 Å². The minimum atomic E-state index is 0.0849. The zero-order valence-corrected chi connectivity index (χ0v) is 13.0. The lowest BCUT2D eigenvalue weighted by atomic mass is 9.93. The maximum atomic E-state index is 11.8. The molecule has 2 aliphatic rings. The summed E-state index contributed by atoms with van der Waals surface area (Å²) in [7, 11) is 1.86. The summed E-state index contributed by atoms with van der Waals surface area (Å²) in [6.07, 6.45) is 1.19. The van der Waals surface area contributed by atoms with Gasteiger partial charge in [-0.1, -0.05) is 5.16 Å². The van der Waals surface area contributed by atoms with E-state index in [0.29, 0.717) is 5.92 Å². The van der Waals surface area contributed by atoms with Gasteiger partial charge < -0.3 is 14.2 Å². The number of fused-ring (bicyclic) bond motifs is 1. The number of aryl methyl sites for hydroxylation is 2. The normalized spacial score (nSPS) is 27.6. The van der Waals surface area contributed by atoms with Crippen LogP contribution in [-0.4, -0.2) is 60.3 Å². The first-order chi connectivity index (χ1) is 10.0. The van der Waals surface area contributed by atoms with Crippen LogP contribution >= 0.6 is 0 Å². The van der Waals surface area contributed by atoms with Crippen LogP contribution in [0.4, 0.5) is 0 Å². The van der Waals surface area contributed by atoms with E-state index in [1.54, 1.807) is 4.90 Å². The van der Waals surface area contributed by atoms with Crippen molar-refractivity contribution in [3.63, 3.8) is 0 Å². The highest BCUT2D eigenvalue weighted by atomic mass is 16.5. The number of rotatable bonds is 2. The number of piperidine rings is 1. The van der Waals surface area contributed by atoms with Crippen LogP contribution in [0.5, 0.6) is 0 Å². The molecule has 6 nitrogen and oxygen atoms in total. The topological polar surface area (TPSA) is 58.8 Å². The van der Waals surface area contributed by atoms with Crippen molar-refractivity contribution in [2.75, 3.05) is 33.3 Å². The van der Waals surface area contributed by atoms with Crippen LogP contribution in [0.3, 0.4) is 0 Å². The number of amides is 1. The van der Waals surface area contributed by atoms with Crippen LogP contribution in [0.1, 0.15) is 23.4 Å². The number of nitrogens with zero attached hydrogens (tertiary/aromatic N) is 3. The second-order valence-corrected chi connectivity index (χ2v) is 6.21. The first kappa shape index (κ1) is 14.5. The number of carbonyl (C=O) groups excluding carboxylic acids is 1. The van der Waals surface area contributed by atoms with Crippen molar-refractivity contribution in [1.82, 2.24) is 15.0 Å². The van der Waals surface area contributed by atoms with Crippen LogP contribution in [0, 0.1) is 19.8 Å². The Balaban J connectivity index is 1.67. The summed E-state index contributed by atoms with van der Waals surface area (Å²) in [5.74, 6) is 1.37. The highest BCUT2D eigenvalue weighted by Gasteiger charge is 2.35. The molecule has 0 N–H and O–H groups in total. The van der Waals surface area contributed by atoms with Gasteiger partial charge in [-0.25, -0.2) is 0 Å². The molecule has 21 heavy (non-hydrogen) atoms. The van der Waals surface area contributed by atoms with Gasteiger partial charge in [0, 0.05) is 44.7 Å². The Morgan fingerprint density at radius 3 is 2.86 bits per heavy atom. The minimum absolute atomic E-state index is 0.0849. The van der Waals surface area contributed by atoms with Gasteiger partial charge in [0.1, 0.15) is 12.4 Å². The summed E-state index contributed by atoms with van der Waals surface area (Å²) in [5, 5.41) is 4.02. The third kappa shape index (κ3) is 2.96. The molecular formula is C15H23N3O3. The van der Waals surface area contributed by atoms with E-state index in [4.69, 9.17) is 9.26 Å². The summed E-state index contributed by atoms with van der Waals surface area (Å²) >= 11 is 0. The second kappa shape index (κ2) is 5.77. The van der Waals surface area contributed by atoms with E-state index in [9.17, 15) is 4.79 Å². The van der Waals surface area contributed by atoms with Crippen molar-refractivity contribution in [2.24, 2.45) is 5.92 Å². The number of ether oxygens (including phenoxy) is 1. The lowest BCUT2D eigenvalue weighted by Crippen LogP contribution is -2.46. The summed E-state index contributed by atoms with van der Waals surface area (Å²) in [6, 6.07) is 0. The molecule has 1 amide bonds. The van der Waals surface area contributed by atoms with Gasteiger partial charge >= 0.3 is 0 Å². The van der Waals surface area contributed by atoms with Gasteiger partial charge in [0.15, 0.2) is 0 Å². The Morgan fingerprint density at radius 1 is 1.33 bits per heavy atom. The average molecular weight is 293 g/mol. The van der Waals surface area contributed by atoms with Crippen LogP contribution in [0.15, 0.2) is 4.52 Å². The zero-order valence-electron chi connectivity index (χ0n) is 13.0. The standard InChI is InChI=1S/C15H23N3O3/c1-10-13(11(2)21-16-10)8-18-5-4-14-12(7-18)6-17(3)15(19)9-20-14/h12,14H,4-9H2,1-3H3/t12-,14-/m0/s1. The van der Waals surface area contributed by atoms with E-state index >= 15 is 0 Å². The van der Waals surface area contributed by atoms with Gasteiger partial charge in [-0.2, -0.15) is 0 Å². The van der Waals surface area contributed by atoms with Gasteiger partial charge in [-0.3, -0.25) is 9.69 Å². The summed E-state index contributed by atoms with van der Waals surface area (Å²) in [5.41, 5.74) is 2.16. The van der Waals surface area contributed by atoms with Crippen molar-refractivity contribution < 1.29 is 14.1 Å². The molecule has 0 aliphatic carbocycles. The number of likely N-dealkylation sites (tertiary alicyclic amines) is 1. The third-order valence-electron chi connectivity index (χ3n) is 4.67. The molecule has 6 heteroatoms. The van der Waals surface area contributed by atoms with E-state index in [2.05, 4.69) is 10.1 Å². The van der Waals surface area contributed by atoms with E-state index < -0.39 is 0 Å². The quantitative estimate of drug-likeness (QED) is 0.813. The smallest absolute Gasteiger partial charge is 0.248 e. The molecule has 0 bridgehead atoms. The third-order valence-corrected chi connectivity index (χ3v) is 4.67. The molecule has 0 spiro atoms. The molecule has 3 rings (SSSR count). The second-order valence-electron chi connectivity index (χ2n) is 6.21. The lowest BCUT2D eigenvalue weighted by molar-refractivity contribution is -0.133. The molecule has 2 fully saturated rings. The van der Waals surface area contributed by atoms with E-state index in [1.165, 1.54) is 5.56 Å². The summed E-state index contributed by atoms with van der Waals surface area (Å²) in [6.45, 7) is 7.75. The Morgan fingerprint density at radius 2 is 2.14 bits per heavy atom. The number of hydrogen-bond acceptors (Lipinski definition) is 5. The fourth-order valence-corrected chi connectivity index (χ4v) is 3.32. The Labute approximate surface area is 125 Å². The Kier molecular flexibility index (Phi) is 3.99. The fraction of sp³-hybridized carbons (Fsp3) is 0.733. The molecule has 0 radical (unpaired) electrons. The van der Waals surface area contributed by atoms with Gasteiger partial charge in [0.25, 0.3) is 0 Å². The zero-order chi connectivity index (χ0) is 15.0. The van der Waals surface area contributed by atoms with Crippen LogP contribution < -0.4 is 0 Å². The van der Waals surface area contributed by atoms with Crippen molar-refractivity contribution in [2.45, 2.75) is 32.9 Å². The predicted octanol–water partition coefficient (Wildman–Crippen LogP) is 0.971. The fourth-order valence-electron chi connectivity index (χ4n) is 3.32. The maximum Gasteiger partial charge on any atom is 0.248 e. The first-order valence-corrected chi connectivity index (χ1v) is 7.54. The molecule has 2 atom stereocenters. The number of aromatic nitrogens is 1. The van der Waals surface area contributed by atoms with Gasteiger partial charge in [-0.15, -0.1) is 0 Å². The average Bonchev–Trinajstić information content (AvgIpc) is 2.69. The molecule has 2 saturated heterocycles. The summed E-state index contributed by atoms with van der Waals surface area (Å²) in [4.78, 5) is 16.0. The SMILES string of the molecule is Cc1noc(C)c1CN1CC[C@@H]2OCC(=O)N(C)C[C@H]2C1. The first-order valence-electron chi connectivity index (χ1n) is 7.54. The molecule has 2 aliphatic heterocycles. The van der Waals surface area contributed by atoms with Gasteiger partial charge in [0.05, 0.1) is 11.8 Å². The molecule has 1 aromatic heterocycles. The van der Waals surface area contributed by atoms with Crippen molar-refractivity contribution >= 4 is 5.91 Å². The van der Waals surface area contributed by atoms with Crippen LogP contribution in [0.2, 0.25) is 0 Å². The monoisotopic (exact) mass is 293 g/mol. The highest BCUT2D eigenvalue weighted by molar-refractivity contribution is 5.77. The molecule has 116 valence electrons. The highest BCUT2D eigenvalue weighted by Crippen LogP contribution is 2.26. The minimum Gasteiger partial charge on any atom is -0.368 e. The maximum absolute atomic E-state index is 11.8. The lowest BCUT2D eigenvalue weighted by Gasteiger charge is -2.37. The molecule has 0 aromatic carbocycles. The van der Waals surface area contributed by atoms with Crippen LogP contribution in [0.25, 0.3) is 0 Å². The number of carbonyl (C=O) groups is 1. The van der Waals surface area contributed by atoms with Gasteiger partial charge in [0.2, 0.25) is 5.91 Å². The molecular weight excluding hydrogens is 270 g/mol. The van der Waals surface area contributed by atoms with Crippen molar-refractivity contribution in [3.05, 3.63) is 17.0 Å². The van der Waals surface area contributed by atoms with Gasteiger partial charge in [-0.05, 0) is 20.3 Å². The molecule has 0 unspecified atom stereocenters. The number of likely N-dealkylation sites (N-methyl/N-ethyl adjacent to an activating group) is 1. The summed E-state index contributed by atoms with van der Waals surface area (Å²) < 4.78 is 11.0. The number of hydrogen-bond donors (Lipinski definition) is 0. The largest absolute Gasteiger partial charge is 0.368 e. The van der Waals surface area contributed by atoms with Crippen molar-refractivity contribution in [1.29, 1.82) is 0 Å². The Hall–Kier alpha value is -1.40. The molecule has 1 aromatic rings. The predicted molar refractivity (Wildman–Crippen MR) is 76.7 cm³/mol. The van der Waals surface area contributed by atoms with E-state index in [-0.39, 0.29) is 18.6 Å². The molecule has 0 saturated carbocycles. The van der Waals surface area contributed by atoms with Crippen LogP contribution in [-0.2, 0) is 16.1 Å². The molecule has 3 heterocycles. The van der Waals surface area contributed by atoms with Crippen molar-refractivity contribution in [3.8, 4) is 0 Å².